The van der Waals surface area contributed by atoms with Crippen molar-refractivity contribution >= 4 is 22.5 Å². The van der Waals surface area contributed by atoms with Gasteiger partial charge in [-0.05, 0) is 18.2 Å². The smallest absolute Gasteiger partial charge is 0.345 e. The molecule has 1 heterocycles. The lowest BCUT2D eigenvalue weighted by molar-refractivity contribution is 0.571. The van der Waals surface area contributed by atoms with E-state index in [9.17, 15) is 4.79 Å². The Morgan fingerprint density at radius 3 is 2.58 bits per heavy atom. The average molecular weight is 259 g/mol. The number of hydrogen-bond donors (Lipinski definition) is 3. The van der Waals surface area contributed by atoms with Gasteiger partial charge in [0.15, 0.2) is 5.96 Å². The molecule has 0 radical (unpaired) electrons. The maximum atomic E-state index is 11.6. The summed E-state index contributed by atoms with van der Waals surface area (Å²) >= 11 is 0. The average Bonchev–Trinajstić information content (AvgIpc) is 2.25. The first-order valence-electron chi connectivity index (χ1n) is 5.91. The van der Waals surface area contributed by atoms with Crippen molar-refractivity contribution < 1.29 is 0 Å². The first-order valence-corrected chi connectivity index (χ1v) is 5.91. The summed E-state index contributed by atoms with van der Waals surface area (Å²) in [6.07, 6.45) is 0. The van der Waals surface area contributed by atoms with Crippen LogP contribution in [-0.2, 0) is 5.41 Å². The molecule has 6 nitrogen and oxygen atoms in total. The number of aromatic nitrogens is 2. The first kappa shape index (κ1) is 13.1. The van der Waals surface area contributed by atoms with E-state index in [0.29, 0.717) is 11.2 Å². The molecule has 1 aromatic heterocycles. The summed E-state index contributed by atoms with van der Waals surface area (Å²) in [7, 11) is 0. The van der Waals surface area contributed by atoms with Gasteiger partial charge in [-0.2, -0.15) is 4.98 Å². The molecule has 0 unspecified atom stereocenters. The maximum Gasteiger partial charge on any atom is 0.345 e. The summed E-state index contributed by atoms with van der Waals surface area (Å²) in [5.41, 5.74) is 12.1. The minimum Gasteiger partial charge on any atom is -0.370 e. The summed E-state index contributed by atoms with van der Waals surface area (Å²) in [6, 6.07) is 5.34. The molecule has 0 aliphatic rings. The second-order valence-electron chi connectivity index (χ2n) is 5.41. The monoisotopic (exact) mass is 259 g/mol. The SMILES string of the molecule is CC(C)(C)c1[nH]c(=O)nc2cc(N=C(N)N)ccc12. The van der Waals surface area contributed by atoms with Crippen LogP contribution in [-0.4, -0.2) is 15.9 Å². The zero-order valence-corrected chi connectivity index (χ0v) is 11.2. The molecule has 0 fully saturated rings. The highest BCUT2D eigenvalue weighted by atomic mass is 16.1. The van der Waals surface area contributed by atoms with Gasteiger partial charge in [0.05, 0.1) is 11.2 Å². The van der Waals surface area contributed by atoms with Gasteiger partial charge in [-0.1, -0.05) is 20.8 Å². The fourth-order valence-corrected chi connectivity index (χ4v) is 1.95. The van der Waals surface area contributed by atoms with Crippen LogP contribution >= 0.6 is 0 Å². The number of benzene rings is 1. The van der Waals surface area contributed by atoms with Gasteiger partial charge >= 0.3 is 5.69 Å². The number of H-pyrrole nitrogens is 1. The van der Waals surface area contributed by atoms with Gasteiger partial charge < -0.3 is 16.5 Å². The molecule has 0 bridgehead atoms. The summed E-state index contributed by atoms with van der Waals surface area (Å²) in [4.78, 5) is 22.3. The normalized spacial score (nSPS) is 11.5. The third kappa shape index (κ3) is 2.73. The van der Waals surface area contributed by atoms with E-state index < -0.39 is 0 Å². The van der Waals surface area contributed by atoms with E-state index >= 15 is 0 Å². The fourth-order valence-electron chi connectivity index (χ4n) is 1.95. The second kappa shape index (κ2) is 4.38. The highest BCUT2D eigenvalue weighted by Gasteiger charge is 2.19. The van der Waals surface area contributed by atoms with Gasteiger partial charge in [-0.15, -0.1) is 0 Å². The van der Waals surface area contributed by atoms with Crippen molar-refractivity contribution in [2.24, 2.45) is 16.5 Å². The van der Waals surface area contributed by atoms with Crippen molar-refractivity contribution in [1.82, 2.24) is 9.97 Å². The van der Waals surface area contributed by atoms with Gasteiger partial charge in [-0.3, -0.25) is 0 Å². The molecule has 2 aromatic rings. The molecule has 0 saturated carbocycles. The third-order valence-electron chi connectivity index (χ3n) is 2.71. The minimum atomic E-state index is -0.376. The van der Waals surface area contributed by atoms with Crippen molar-refractivity contribution in [3.05, 3.63) is 34.4 Å². The molecular weight excluding hydrogens is 242 g/mol. The van der Waals surface area contributed by atoms with E-state index in [2.05, 4.69) is 15.0 Å². The third-order valence-corrected chi connectivity index (χ3v) is 2.71. The number of nitrogens with one attached hydrogen (secondary N) is 1. The standard InChI is InChI=1S/C13H17N5O/c1-13(2,3)10-8-5-4-7(16-11(14)15)6-9(8)17-12(19)18-10/h4-6H,1-3H3,(H4,14,15,16)(H,17,18,19). The zero-order valence-electron chi connectivity index (χ0n) is 11.2. The predicted molar refractivity (Wildman–Crippen MR) is 76.5 cm³/mol. The molecule has 2 rings (SSSR count). The van der Waals surface area contributed by atoms with Crippen molar-refractivity contribution in [1.29, 1.82) is 0 Å². The van der Waals surface area contributed by atoms with Crippen LogP contribution in [0.2, 0.25) is 0 Å². The fraction of sp³-hybridized carbons (Fsp3) is 0.308. The quantitative estimate of drug-likeness (QED) is 0.526. The molecule has 0 aliphatic carbocycles. The summed E-state index contributed by atoms with van der Waals surface area (Å²) < 4.78 is 0. The Kier molecular flexibility index (Phi) is 3.01. The lowest BCUT2D eigenvalue weighted by Gasteiger charge is -2.20. The molecule has 5 N–H and O–H groups in total. The summed E-state index contributed by atoms with van der Waals surface area (Å²) in [6.45, 7) is 6.09. The zero-order chi connectivity index (χ0) is 14.2. The topological polar surface area (TPSA) is 110 Å². The number of guanidine groups is 1. The van der Waals surface area contributed by atoms with Crippen molar-refractivity contribution in [2.75, 3.05) is 0 Å². The Morgan fingerprint density at radius 1 is 1.32 bits per heavy atom. The molecule has 0 atom stereocenters. The Morgan fingerprint density at radius 2 is 2.00 bits per heavy atom. The van der Waals surface area contributed by atoms with E-state index in [0.717, 1.165) is 11.1 Å². The van der Waals surface area contributed by atoms with E-state index in [1.54, 1.807) is 12.1 Å². The molecule has 0 amide bonds. The van der Waals surface area contributed by atoms with E-state index in [4.69, 9.17) is 11.5 Å². The molecule has 0 aliphatic heterocycles. The summed E-state index contributed by atoms with van der Waals surface area (Å²) in [5.74, 6) is -0.0276. The molecule has 0 saturated heterocycles. The van der Waals surface area contributed by atoms with Crippen molar-refractivity contribution in [3.8, 4) is 0 Å². The number of aromatic amines is 1. The molecule has 1 aromatic carbocycles. The molecule has 100 valence electrons. The van der Waals surface area contributed by atoms with Gasteiger partial charge in [0.25, 0.3) is 0 Å². The van der Waals surface area contributed by atoms with Gasteiger partial charge in [0, 0.05) is 16.5 Å². The van der Waals surface area contributed by atoms with Crippen LogP contribution in [0.5, 0.6) is 0 Å². The van der Waals surface area contributed by atoms with Crippen LogP contribution in [0.3, 0.4) is 0 Å². The predicted octanol–water partition coefficient (Wildman–Crippen LogP) is 1.13. The highest BCUT2D eigenvalue weighted by Crippen LogP contribution is 2.28. The lowest BCUT2D eigenvalue weighted by atomic mass is 9.89. The molecule has 6 heteroatoms. The van der Waals surface area contributed by atoms with Crippen LogP contribution in [0, 0.1) is 0 Å². The summed E-state index contributed by atoms with van der Waals surface area (Å²) in [5, 5.41) is 0.890. The van der Waals surface area contributed by atoms with Crippen molar-refractivity contribution in [3.63, 3.8) is 0 Å². The van der Waals surface area contributed by atoms with E-state index in [1.165, 1.54) is 0 Å². The Balaban J connectivity index is 2.76. The largest absolute Gasteiger partial charge is 0.370 e. The van der Waals surface area contributed by atoms with E-state index in [-0.39, 0.29) is 17.1 Å². The number of aliphatic imine (C=N–C) groups is 1. The van der Waals surface area contributed by atoms with Crippen LogP contribution < -0.4 is 17.2 Å². The number of fused-ring (bicyclic) bond motifs is 1. The van der Waals surface area contributed by atoms with E-state index in [1.807, 2.05) is 26.8 Å². The Hall–Kier alpha value is -2.37. The second-order valence-corrected chi connectivity index (χ2v) is 5.41. The van der Waals surface area contributed by atoms with Crippen LogP contribution in [0.4, 0.5) is 5.69 Å². The number of nitrogens with two attached hydrogens (primary N) is 2. The lowest BCUT2D eigenvalue weighted by Crippen LogP contribution is -2.22. The molecular formula is C13H17N5O. The van der Waals surface area contributed by atoms with Gasteiger partial charge in [0.2, 0.25) is 0 Å². The van der Waals surface area contributed by atoms with Crippen LogP contribution in [0.25, 0.3) is 10.9 Å². The molecule has 19 heavy (non-hydrogen) atoms. The minimum absolute atomic E-state index is 0.0276. The van der Waals surface area contributed by atoms with Gasteiger partial charge in [-0.25, -0.2) is 9.79 Å². The maximum absolute atomic E-state index is 11.6. The Bertz CT molecular complexity index is 705. The number of rotatable bonds is 1. The van der Waals surface area contributed by atoms with Crippen LogP contribution in [0.15, 0.2) is 28.0 Å². The number of hydrogen-bond acceptors (Lipinski definition) is 3. The number of nitrogens with zero attached hydrogens (tertiary/aromatic N) is 2. The first-order chi connectivity index (χ1) is 8.77. The highest BCUT2D eigenvalue weighted by molar-refractivity contribution is 5.86. The van der Waals surface area contributed by atoms with Gasteiger partial charge in [0.1, 0.15) is 0 Å². The molecule has 0 spiro atoms. The van der Waals surface area contributed by atoms with Crippen molar-refractivity contribution in [2.45, 2.75) is 26.2 Å². The van der Waals surface area contributed by atoms with Crippen LogP contribution in [0.1, 0.15) is 26.5 Å². The Labute approximate surface area is 110 Å².